The number of aromatic amines is 1. The Labute approximate surface area is 161 Å². The molecule has 1 saturated heterocycles. The third-order valence-corrected chi connectivity index (χ3v) is 6.04. The lowest BCUT2D eigenvalue weighted by atomic mass is 10.1. The maximum absolute atomic E-state index is 13.2. The second kappa shape index (κ2) is 7.56. The Morgan fingerprint density at radius 3 is 2.70 bits per heavy atom. The number of likely N-dealkylation sites (tertiary alicyclic amines) is 1. The minimum Gasteiger partial charge on any atom is -0.462 e. The molecule has 2 aromatic rings. The third kappa shape index (κ3) is 3.49. The van der Waals surface area contributed by atoms with Gasteiger partial charge in [0, 0.05) is 17.1 Å². The molecule has 8 heteroatoms. The zero-order valence-corrected chi connectivity index (χ0v) is 16.4. The molecule has 1 aliphatic rings. The number of rotatable bonds is 5. The number of nitrogens with one attached hydrogen (secondary N) is 1. The van der Waals surface area contributed by atoms with Gasteiger partial charge in [0.1, 0.15) is 5.69 Å². The number of carbonyl (C=O) groups excluding carboxylic acids is 3. The van der Waals surface area contributed by atoms with E-state index in [1.54, 1.807) is 31.7 Å². The summed E-state index contributed by atoms with van der Waals surface area (Å²) in [4.78, 5) is 43.0. The number of nitrogens with two attached hydrogens (primary N) is 1. The number of esters is 1. The summed E-state index contributed by atoms with van der Waals surface area (Å²) < 4.78 is 5.10. The van der Waals surface area contributed by atoms with Gasteiger partial charge in [0.2, 0.25) is 0 Å². The quantitative estimate of drug-likeness (QED) is 0.767. The second-order valence-corrected chi connectivity index (χ2v) is 7.68. The number of aromatic nitrogens is 1. The van der Waals surface area contributed by atoms with Gasteiger partial charge in [-0.15, -0.1) is 11.3 Å². The van der Waals surface area contributed by atoms with Gasteiger partial charge in [0.15, 0.2) is 0 Å². The van der Waals surface area contributed by atoms with Crippen LogP contribution >= 0.6 is 11.3 Å². The molecule has 0 aliphatic carbocycles. The first-order chi connectivity index (χ1) is 12.8. The van der Waals surface area contributed by atoms with Crippen LogP contribution in [0, 0.1) is 13.8 Å². The molecule has 1 fully saturated rings. The normalized spacial score (nSPS) is 16.6. The molecule has 3 N–H and O–H groups in total. The van der Waals surface area contributed by atoms with E-state index in [0.717, 1.165) is 17.7 Å². The zero-order valence-electron chi connectivity index (χ0n) is 15.6. The fourth-order valence-electron chi connectivity index (χ4n) is 3.59. The molecule has 0 saturated carbocycles. The smallest absolute Gasteiger partial charge is 0.340 e. The molecule has 1 atom stereocenters. The predicted molar refractivity (Wildman–Crippen MR) is 102 cm³/mol. The van der Waals surface area contributed by atoms with Crippen molar-refractivity contribution in [3.8, 4) is 0 Å². The molecular weight excluding hydrogens is 366 g/mol. The largest absolute Gasteiger partial charge is 0.462 e. The van der Waals surface area contributed by atoms with Crippen LogP contribution in [0.15, 0.2) is 12.1 Å². The average molecular weight is 389 g/mol. The van der Waals surface area contributed by atoms with Crippen molar-refractivity contribution in [2.75, 3.05) is 13.2 Å². The lowest BCUT2D eigenvalue weighted by Gasteiger charge is -2.23. The topological polar surface area (TPSA) is 105 Å². The zero-order chi connectivity index (χ0) is 19.7. The molecule has 27 heavy (non-hydrogen) atoms. The summed E-state index contributed by atoms with van der Waals surface area (Å²) >= 11 is 1.33. The van der Waals surface area contributed by atoms with E-state index in [4.69, 9.17) is 10.5 Å². The highest BCUT2D eigenvalue weighted by atomic mass is 32.1. The average Bonchev–Trinajstić information content (AvgIpc) is 3.32. The number of amides is 2. The molecule has 2 aromatic heterocycles. The molecular formula is C19H23N3O4S. The minimum absolute atomic E-state index is 0.0929. The molecule has 2 amide bonds. The van der Waals surface area contributed by atoms with Crippen LogP contribution in [0.5, 0.6) is 0 Å². The standard InChI is InChI=1S/C19H23N3O4S/c1-4-26-19(25)15-10(2)16(21-11(15)3)18(24)22-9-5-6-12(22)13-7-8-14(27-13)17(20)23/h7-8,12,21H,4-6,9H2,1-3H3,(H2,20,23)/t12-/m1/s1. The van der Waals surface area contributed by atoms with Gasteiger partial charge >= 0.3 is 5.97 Å². The van der Waals surface area contributed by atoms with Crippen LogP contribution in [0.2, 0.25) is 0 Å². The second-order valence-electron chi connectivity index (χ2n) is 6.57. The van der Waals surface area contributed by atoms with Crippen molar-refractivity contribution < 1.29 is 19.1 Å². The van der Waals surface area contributed by atoms with Gasteiger partial charge in [-0.2, -0.15) is 0 Å². The maximum Gasteiger partial charge on any atom is 0.340 e. The van der Waals surface area contributed by atoms with E-state index in [1.807, 2.05) is 6.07 Å². The molecule has 3 rings (SSSR count). The van der Waals surface area contributed by atoms with E-state index in [1.165, 1.54) is 11.3 Å². The molecule has 144 valence electrons. The number of aryl methyl sites for hydroxylation is 1. The predicted octanol–water partition coefficient (Wildman–Crippen LogP) is 2.95. The van der Waals surface area contributed by atoms with Crippen molar-refractivity contribution in [3.63, 3.8) is 0 Å². The Kier molecular flexibility index (Phi) is 5.36. The van der Waals surface area contributed by atoms with Crippen molar-refractivity contribution in [1.82, 2.24) is 9.88 Å². The van der Waals surface area contributed by atoms with Crippen LogP contribution in [0.1, 0.15) is 72.5 Å². The third-order valence-electron chi connectivity index (χ3n) is 4.84. The monoisotopic (exact) mass is 389 g/mol. The number of ether oxygens (including phenoxy) is 1. The van der Waals surface area contributed by atoms with Crippen LogP contribution < -0.4 is 5.73 Å². The van der Waals surface area contributed by atoms with Gasteiger partial charge in [-0.3, -0.25) is 9.59 Å². The van der Waals surface area contributed by atoms with E-state index < -0.39 is 11.9 Å². The van der Waals surface area contributed by atoms with Crippen LogP contribution in [-0.4, -0.2) is 40.8 Å². The lowest BCUT2D eigenvalue weighted by Crippen LogP contribution is -2.31. The first-order valence-electron chi connectivity index (χ1n) is 8.91. The Morgan fingerprint density at radius 2 is 2.07 bits per heavy atom. The Bertz CT molecular complexity index is 899. The van der Waals surface area contributed by atoms with Crippen molar-refractivity contribution in [3.05, 3.63) is 44.4 Å². The summed E-state index contributed by atoms with van der Waals surface area (Å²) in [5.41, 5.74) is 7.40. The number of carbonyl (C=O) groups is 3. The summed E-state index contributed by atoms with van der Waals surface area (Å²) in [5.74, 6) is -1.04. The number of hydrogen-bond acceptors (Lipinski definition) is 5. The number of H-pyrrole nitrogens is 1. The fourth-order valence-corrected chi connectivity index (χ4v) is 4.59. The first-order valence-corrected chi connectivity index (χ1v) is 9.73. The van der Waals surface area contributed by atoms with Gasteiger partial charge < -0.3 is 20.4 Å². The molecule has 0 radical (unpaired) electrons. The number of hydrogen-bond donors (Lipinski definition) is 2. The van der Waals surface area contributed by atoms with E-state index in [2.05, 4.69) is 4.98 Å². The van der Waals surface area contributed by atoms with Gasteiger partial charge in [-0.1, -0.05) is 0 Å². The van der Waals surface area contributed by atoms with Crippen molar-refractivity contribution in [2.45, 2.75) is 39.7 Å². The SMILES string of the molecule is CCOC(=O)c1c(C)[nH]c(C(=O)N2CCC[C@@H]2c2ccc(C(N)=O)s2)c1C. The summed E-state index contributed by atoms with van der Waals surface area (Å²) in [6.07, 6.45) is 1.71. The number of nitrogens with zero attached hydrogens (tertiary/aromatic N) is 1. The molecule has 0 bridgehead atoms. The van der Waals surface area contributed by atoms with Gasteiger partial charge in [0.05, 0.1) is 23.1 Å². The number of primary amides is 1. The highest BCUT2D eigenvalue weighted by molar-refractivity contribution is 7.14. The highest BCUT2D eigenvalue weighted by Crippen LogP contribution is 2.37. The van der Waals surface area contributed by atoms with Crippen LogP contribution in [0.25, 0.3) is 0 Å². The van der Waals surface area contributed by atoms with Crippen molar-refractivity contribution >= 4 is 29.1 Å². The van der Waals surface area contributed by atoms with Crippen molar-refractivity contribution in [2.24, 2.45) is 5.73 Å². The first kappa shape index (κ1) is 19.2. The molecule has 1 aliphatic heterocycles. The molecule has 0 spiro atoms. The Hall–Kier alpha value is -2.61. The van der Waals surface area contributed by atoms with E-state index in [0.29, 0.717) is 33.9 Å². The summed E-state index contributed by atoms with van der Waals surface area (Å²) in [7, 11) is 0. The molecule has 0 aromatic carbocycles. The fraction of sp³-hybridized carbons (Fsp3) is 0.421. The van der Waals surface area contributed by atoms with Gasteiger partial charge in [0.25, 0.3) is 11.8 Å². The summed E-state index contributed by atoms with van der Waals surface area (Å²) in [6, 6.07) is 3.47. The van der Waals surface area contributed by atoms with Crippen molar-refractivity contribution in [1.29, 1.82) is 0 Å². The van der Waals surface area contributed by atoms with E-state index in [-0.39, 0.29) is 18.6 Å². The van der Waals surface area contributed by atoms with Gasteiger partial charge in [-0.05, 0) is 51.3 Å². The van der Waals surface area contributed by atoms with Crippen LogP contribution in [0.3, 0.4) is 0 Å². The number of thiophene rings is 1. The molecule has 7 nitrogen and oxygen atoms in total. The maximum atomic E-state index is 13.2. The lowest BCUT2D eigenvalue weighted by molar-refractivity contribution is 0.0524. The van der Waals surface area contributed by atoms with Crippen LogP contribution in [0.4, 0.5) is 0 Å². The molecule has 0 unspecified atom stereocenters. The van der Waals surface area contributed by atoms with Gasteiger partial charge in [-0.25, -0.2) is 4.79 Å². The highest BCUT2D eigenvalue weighted by Gasteiger charge is 2.34. The minimum atomic E-state index is -0.461. The Balaban J connectivity index is 1.89. The van der Waals surface area contributed by atoms with E-state index in [9.17, 15) is 14.4 Å². The summed E-state index contributed by atoms with van der Waals surface area (Å²) in [6.45, 7) is 6.16. The summed E-state index contributed by atoms with van der Waals surface area (Å²) in [5, 5.41) is 0. The van der Waals surface area contributed by atoms with E-state index >= 15 is 0 Å². The Morgan fingerprint density at radius 1 is 1.33 bits per heavy atom. The molecule has 3 heterocycles. The van der Waals surface area contributed by atoms with Crippen LogP contribution in [-0.2, 0) is 4.74 Å².